The minimum Gasteiger partial charge on any atom is -0.383 e. The van der Waals surface area contributed by atoms with E-state index in [9.17, 15) is 4.79 Å². The Morgan fingerprint density at radius 1 is 1.31 bits per heavy atom. The van der Waals surface area contributed by atoms with Crippen LogP contribution in [0.15, 0.2) is 30.5 Å². The van der Waals surface area contributed by atoms with E-state index in [4.69, 9.17) is 10.00 Å². The molecule has 1 saturated carbocycles. The number of hydrogen-bond donors (Lipinski definition) is 2. The van der Waals surface area contributed by atoms with E-state index in [0.717, 1.165) is 69.3 Å². The monoisotopic (exact) mass is 489 g/mol. The van der Waals surface area contributed by atoms with E-state index < -0.39 is 0 Å². The molecule has 2 aliphatic rings. The third kappa shape index (κ3) is 6.24. The zero-order chi connectivity index (χ0) is 25.7. The lowest BCUT2D eigenvalue weighted by Crippen LogP contribution is -2.36. The fourth-order valence-electron chi connectivity index (χ4n) is 5.46. The van der Waals surface area contributed by atoms with E-state index in [2.05, 4.69) is 65.4 Å². The number of allylic oxidation sites excluding steroid dienone is 2. The van der Waals surface area contributed by atoms with E-state index in [1.807, 2.05) is 6.07 Å². The molecule has 2 N–H and O–H groups in total. The maximum Gasteiger partial charge on any atom is 0.291 e. The topological polar surface area (TPSA) is 94.0 Å². The average Bonchev–Trinajstić information content (AvgIpc) is 3.37. The number of likely N-dealkylation sites (N-methyl/N-ethyl adjacent to an activating group) is 1. The number of methoxy groups -OCH3 is 1. The lowest BCUT2D eigenvalue weighted by Gasteiger charge is -2.35. The van der Waals surface area contributed by atoms with Crippen molar-refractivity contribution in [3.05, 3.63) is 53.1 Å². The van der Waals surface area contributed by atoms with Crippen LogP contribution in [0, 0.1) is 16.7 Å². The molecule has 1 fully saturated rings. The van der Waals surface area contributed by atoms with Crippen LogP contribution in [-0.2, 0) is 4.74 Å². The number of H-pyrrole nitrogens is 1. The third-order valence-electron chi connectivity index (χ3n) is 7.96. The summed E-state index contributed by atoms with van der Waals surface area (Å²) in [5, 5.41) is 12.2. The molecule has 2 aromatic rings. The second kappa shape index (κ2) is 11.4. The van der Waals surface area contributed by atoms with E-state index in [1.54, 1.807) is 7.11 Å². The van der Waals surface area contributed by atoms with Crippen LogP contribution in [-0.4, -0.2) is 54.1 Å². The molecular formula is C29H39N5O2. The SMILES string of the molecule is COCCN(C)C1CCC(c2ccc(C3=CCC(C)(C)CC3)c(NC(=O)c3ncc(C#N)[nH]3)c2)CC1. The van der Waals surface area contributed by atoms with Crippen molar-refractivity contribution < 1.29 is 9.53 Å². The minimum atomic E-state index is -0.324. The van der Waals surface area contributed by atoms with Crippen LogP contribution in [0.4, 0.5) is 5.69 Å². The number of aromatic amines is 1. The van der Waals surface area contributed by atoms with Gasteiger partial charge in [0.2, 0.25) is 0 Å². The van der Waals surface area contributed by atoms with E-state index in [0.29, 0.717) is 17.4 Å². The second-order valence-electron chi connectivity index (χ2n) is 11.1. The van der Waals surface area contributed by atoms with Gasteiger partial charge in [-0.05, 0) is 80.5 Å². The van der Waals surface area contributed by atoms with Crippen molar-refractivity contribution in [2.24, 2.45) is 5.41 Å². The molecule has 7 heteroatoms. The summed E-state index contributed by atoms with van der Waals surface area (Å²) in [7, 11) is 3.95. The van der Waals surface area contributed by atoms with Gasteiger partial charge in [-0.3, -0.25) is 4.79 Å². The highest BCUT2D eigenvalue weighted by molar-refractivity contribution is 6.03. The van der Waals surface area contributed by atoms with Crippen LogP contribution in [0.2, 0.25) is 0 Å². The number of hydrogen-bond acceptors (Lipinski definition) is 5. The number of nitriles is 1. The molecule has 192 valence electrons. The van der Waals surface area contributed by atoms with Crippen molar-refractivity contribution in [3.63, 3.8) is 0 Å². The van der Waals surface area contributed by atoms with Crippen molar-refractivity contribution >= 4 is 17.2 Å². The molecular weight excluding hydrogens is 450 g/mol. The number of aromatic nitrogens is 2. The highest BCUT2D eigenvalue weighted by atomic mass is 16.5. The lowest BCUT2D eigenvalue weighted by molar-refractivity contribution is 0.101. The van der Waals surface area contributed by atoms with Crippen LogP contribution < -0.4 is 5.32 Å². The van der Waals surface area contributed by atoms with E-state index in [1.165, 1.54) is 17.3 Å². The largest absolute Gasteiger partial charge is 0.383 e. The molecule has 0 radical (unpaired) electrons. The Kier molecular flexibility index (Phi) is 8.28. The highest BCUT2D eigenvalue weighted by Gasteiger charge is 2.27. The van der Waals surface area contributed by atoms with Gasteiger partial charge >= 0.3 is 0 Å². The van der Waals surface area contributed by atoms with Crippen molar-refractivity contribution in [2.75, 3.05) is 32.6 Å². The molecule has 1 amide bonds. The number of amides is 1. The van der Waals surface area contributed by atoms with Crippen molar-refractivity contribution in [1.29, 1.82) is 5.26 Å². The van der Waals surface area contributed by atoms with Gasteiger partial charge in [0, 0.05) is 30.9 Å². The molecule has 1 heterocycles. The first kappa shape index (κ1) is 26.1. The van der Waals surface area contributed by atoms with Gasteiger partial charge in [-0.25, -0.2) is 4.98 Å². The van der Waals surface area contributed by atoms with Crippen molar-refractivity contribution in [1.82, 2.24) is 14.9 Å². The van der Waals surface area contributed by atoms with Gasteiger partial charge in [-0.1, -0.05) is 32.1 Å². The summed E-state index contributed by atoms with van der Waals surface area (Å²) in [5.74, 6) is 0.311. The first-order valence-electron chi connectivity index (χ1n) is 13.1. The number of ether oxygens (including phenoxy) is 1. The summed E-state index contributed by atoms with van der Waals surface area (Å²) in [6.07, 6.45) is 11.5. The Morgan fingerprint density at radius 2 is 2.08 bits per heavy atom. The summed E-state index contributed by atoms with van der Waals surface area (Å²) < 4.78 is 5.25. The molecule has 36 heavy (non-hydrogen) atoms. The number of carbonyl (C=O) groups excluding carboxylic acids is 1. The maximum absolute atomic E-state index is 13.0. The Bertz CT molecular complexity index is 1130. The summed E-state index contributed by atoms with van der Waals surface area (Å²) in [6.45, 7) is 6.33. The summed E-state index contributed by atoms with van der Waals surface area (Å²) >= 11 is 0. The predicted octanol–water partition coefficient (Wildman–Crippen LogP) is 5.73. The van der Waals surface area contributed by atoms with Crippen LogP contribution in [0.1, 0.15) is 92.2 Å². The smallest absolute Gasteiger partial charge is 0.291 e. The van der Waals surface area contributed by atoms with Crippen LogP contribution in [0.3, 0.4) is 0 Å². The predicted molar refractivity (Wildman–Crippen MR) is 143 cm³/mol. The molecule has 4 rings (SSSR count). The minimum absolute atomic E-state index is 0.154. The van der Waals surface area contributed by atoms with Gasteiger partial charge in [0.25, 0.3) is 5.91 Å². The number of rotatable bonds is 8. The first-order valence-corrected chi connectivity index (χ1v) is 13.1. The van der Waals surface area contributed by atoms with E-state index >= 15 is 0 Å². The number of benzene rings is 1. The van der Waals surface area contributed by atoms with Gasteiger partial charge < -0.3 is 19.9 Å². The molecule has 1 aromatic carbocycles. The van der Waals surface area contributed by atoms with Crippen LogP contribution >= 0.6 is 0 Å². The maximum atomic E-state index is 13.0. The number of imidazole rings is 1. The zero-order valence-corrected chi connectivity index (χ0v) is 22.1. The second-order valence-corrected chi connectivity index (χ2v) is 11.1. The molecule has 1 aromatic heterocycles. The molecule has 0 unspecified atom stereocenters. The highest BCUT2D eigenvalue weighted by Crippen LogP contribution is 2.42. The third-order valence-corrected chi connectivity index (χ3v) is 7.96. The fourth-order valence-corrected chi connectivity index (χ4v) is 5.46. The van der Waals surface area contributed by atoms with Gasteiger partial charge in [-0.2, -0.15) is 5.26 Å². The van der Waals surface area contributed by atoms with Gasteiger partial charge in [-0.15, -0.1) is 0 Å². The molecule has 0 saturated heterocycles. The molecule has 0 spiro atoms. The van der Waals surface area contributed by atoms with Crippen LogP contribution in [0.5, 0.6) is 0 Å². The fraction of sp³-hybridized carbons (Fsp3) is 0.552. The van der Waals surface area contributed by atoms with Gasteiger partial charge in [0.05, 0.1) is 12.8 Å². The molecule has 2 aliphatic carbocycles. The quantitative estimate of drug-likeness (QED) is 0.494. The standard InChI is InChI=1S/C29H39N5O2/c1-29(2)13-11-21(12-14-29)25-10-7-22(20-5-8-24(9-6-20)34(3)15-16-36-4)17-26(25)33-28(35)27-31-19-23(18-30)32-27/h7,10-11,17,19-20,24H,5-6,8-9,12-16H2,1-4H3,(H,31,32)(H,33,35). The Morgan fingerprint density at radius 3 is 2.72 bits per heavy atom. The number of nitrogens with zero attached hydrogens (tertiary/aromatic N) is 3. The summed E-state index contributed by atoms with van der Waals surface area (Å²) in [6, 6.07) is 9.20. The number of nitrogens with one attached hydrogen (secondary N) is 2. The molecule has 0 bridgehead atoms. The first-order chi connectivity index (χ1) is 17.3. The summed E-state index contributed by atoms with van der Waals surface area (Å²) in [4.78, 5) is 22.3. The number of carbonyl (C=O) groups is 1. The van der Waals surface area contributed by atoms with Crippen molar-refractivity contribution in [3.8, 4) is 6.07 Å². The normalized spacial score (nSPS) is 21.6. The number of anilines is 1. The Labute approximate surface area is 214 Å². The Balaban J connectivity index is 1.55. The Hall–Kier alpha value is -2.95. The van der Waals surface area contributed by atoms with E-state index in [-0.39, 0.29) is 17.4 Å². The molecule has 7 nitrogen and oxygen atoms in total. The zero-order valence-electron chi connectivity index (χ0n) is 22.1. The average molecular weight is 490 g/mol. The summed E-state index contributed by atoms with van der Waals surface area (Å²) in [5.41, 5.74) is 5.07. The van der Waals surface area contributed by atoms with Gasteiger partial charge in [0.1, 0.15) is 11.8 Å². The van der Waals surface area contributed by atoms with Crippen molar-refractivity contribution in [2.45, 2.75) is 70.8 Å². The molecule has 0 atom stereocenters. The van der Waals surface area contributed by atoms with Crippen LogP contribution in [0.25, 0.3) is 5.57 Å². The molecule has 0 aliphatic heterocycles. The lowest BCUT2D eigenvalue weighted by atomic mass is 9.76. The van der Waals surface area contributed by atoms with Gasteiger partial charge in [0.15, 0.2) is 5.82 Å².